The van der Waals surface area contributed by atoms with Crippen LogP contribution in [-0.2, 0) is 9.47 Å². The second kappa shape index (κ2) is 5.10. The van der Waals surface area contributed by atoms with Crippen molar-refractivity contribution in [3.05, 3.63) is 11.6 Å². The Morgan fingerprint density at radius 3 is 2.47 bits per heavy atom. The van der Waals surface area contributed by atoms with Crippen LogP contribution < -0.4 is 0 Å². The monoisotopic (exact) mass is 248 g/mol. The van der Waals surface area contributed by atoms with Gasteiger partial charge in [0.1, 0.15) is 14.2 Å². The van der Waals surface area contributed by atoms with Crippen LogP contribution >= 0.6 is 0 Å². The predicted molar refractivity (Wildman–Crippen MR) is 72.9 cm³/mol. The summed E-state index contributed by atoms with van der Waals surface area (Å²) in [5.74, 6) is 5.15. The van der Waals surface area contributed by atoms with E-state index in [0.717, 1.165) is 5.57 Å². The molecule has 0 bridgehead atoms. The fraction of sp³-hybridized carbons (Fsp3) is 0.571. The van der Waals surface area contributed by atoms with Gasteiger partial charge in [-0.05, 0) is 13.8 Å². The average molecular weight is 248 g/mol. The molecular weight excluding hydrogens is 228 g/mol. The molecule has 1 heterocycles. The van der Waals surface area contributed by atoms with E-state index in [9.17, 15) is 0 Å². The van der Waals surface area contributed by atoms with Crippen molar-refractivity contribution in [2.75, 3.05) is 6.61 Å². The summed E-state index contributed by atoms with van der Waals surface area (Å²) in [5, 5.41) is 0. The summed E-state index contributed by atoms with van der Waals surface area (Å²) in [4.78, 5) is 0. The van der Waals surface area contributed by atoms with Crippen LogP contribution in [0.4, 0.5) is 0 Å². The van der Waals surface area contributed by atoms with Crippen LogP contribution in [0.2, 0.25) is 19.6 Å². The van der Waals surface area contributed by atoms with Gasteiger partial charge in [-0.2, -0.15) is 0 Å². The van der Waals surface area contributed by atoms with E-state index in [-0.39, 0.29) is 6.10 Å². The Morgan fingerprint density at radius 2 is 2.06 bits per heavy atom. The molecule has 1 saturated heterocycles. The smallest absolute Gasteiger partial charge is 0.163 e. The van der Waals surface area contributed by atoms with Gasteiger partial charge in [-0.15, -0.1) is 12.0 Å². The molecule has 0 aromatic heterocycles. The van der Waals surface area contributed by atoms with Crippen molar-refractivity contribution < 1.29 is 9.47 Å². The van der Waals surface area contributed by atoms with Gasteiger partial charge in [-0.25, -0.2) is 0 Å². The van der Waals surface area contributed by atoms with Gasteiger partial charge in [0, 0.05) is 11.6 Å². The molecule has 0 amide bonds. The van der Waals surface area contributed by atoms with Gasteiger partial charge in [0.05, 0.1) is 6.61 Å². The molecule has 1 aliphatic heterocycles. The topological polar surface area (TPSA) is 18.5 Å². The summed E-state index contributed by atoms with van der Waals surface area (Å²) in [6.45, 7) is 10.9. The molecule has 0 aliphatic carbocycles. The van der Waals surface area contributed by atoms with Gasteiger partial charge >= 0.3 is 0 Å². The highest BCUT2D eigenvalue weighted by Crippen LogP contribution is 2.26. The summed E-state index contributed by atoms with van der Waals surface area (Å²) < 4.78 is 11.3. The van der Waals surface area contributed by atoms with E-state index in [1.165, 1.54) is 0 Å². The fourth-order valence-corrected chi connectivity index (χ4v) is 1.92. The molecule has 0 aromatic rings. The lowest BCUT2D eigenvalue weighted by atomic mass is 10.1. The van der Waals surface area contributed by atoms with E-state index in [4.69, 9.17) is 15.9 Å². The molecule has 1 aliphatic rings. The van der Waals surface area contributed by atoms with Crippen molar-refractivity contribution in [1.82, 2.24) is 0 Å². The minimum atomic E-state index is -1.40. The van der Waals surface area contributed by atoms with Crippen LogP contribution in [0, 0.1) is 23.8 Å². The molecule has 3 heteroatoms. The molecule has 0 N–H and O–H groups in total. The first-order valence-corrected chi connectivity index (χ1v) is 9.25. The maximum Gasteiger partial charge on any atom is 0.163 e. The second-order valence-corrected chi connectivity index (χ2v) is 10.3. The molecular formula is C14H20O2Si. The van der Waals surface area contributed by atoms with Crippen molar-refractivity contribution in [1.29, 1.82) is 0 Å². The molecule has 0 saturated carbocycles. The van der Waals surface area contributed by atoms with Gasteiger partial charge in [-0.3, -0.25) is 0 Å². The lowest BCUT2D eigenvalue weighted by molar-refractivity contribution is -0.133. The van der Waals surface area contributed by atoms with Crippen LogP contribution in [0.3, 0.4) is 0 Å². The molecule has 1 rings (SSSR count). The molecule has 1 atom stereocenters. The Balaban J connectivity index is 2.86. The molecule has 92 valence electrons. The third-order valence-electron chi connectivity index (χ3n) is 2.18. The summed E-state index contributed by atoms with van der Waals surface area (Å²) in [7, 11) is -1.40. The first-order chi connectivity index (χ1) is 7.73. The standard InChI is InChI=1S/C14H20O2Si/c1-7-8-12(9-10-17(4,5)6)13-11-15-14(2,3)16-13/h1,8,13H,11H2,2-6H3/b12-8+/t13-/m1/s1. The highest BCUT2D eigenvalue weighted by molar-refractivity contribution is 6.83. The van der Waals surface area contributed by atoms with Crippen LogP contribution in [-0.4, -0.2) is 26.6 Å². The molecule has 0 spiro atoms. The van der Waals surface area contributed by atoms with E-state index < -0.39 is 13.9 Å². The lowest BCUT2D eigenvalue weighted by Crippen LogP contribution is -2.22. The number of hydrogen-bond donors (Lipinski definition) is 0. The average Bonchev–Trinajstić information content (AvgIpc) is 2.52. The fourth-order valence-electron chi connectivity index (χ4n) is 1.40. The number of rotatable bonds is 1. The molecule has 1 fully saturated rings. The highest BCUT2D eigenvalue weighted by Gasteiger charge is 2.34. The minimum absolute atomic E-state index is 0.134. The maximum absolute atomic E-state index is 5.76. The summed E-state index contributed by atoms with van der Waals surface area (Å²) >= 11 is 0. The molecule has 0 unspecified atom stereocenters. The Hall–Kier alpha value is -1.00. The van der Waals surface area contributed by atoms with E-state index in [1.54, 1.807) is 6.08 Å². The first-order valence-electron chi connectivity index (χ1n) is 5.75. The Kier molecular flexibility index (Phi) is 4.22. The van der Waals surface area contributed by atoms with E-state index >= 15 is 0 Å². The van der Waals surface area contributed by atoms with Crippen molar-refractivity contribution >= 4 is 8.07 Å². The Morgan fingerprint density at radius 1 is 1.41 bits per heavy atom. The maximum atomic E-state index is 5.76. The summed E-state index contributed by atoms with van der Waals surface area (Å²) in [6, 6.07) is 0. The highest BCUT2D eigenvalue weighted by atomic mass is 28.3. The summed E-state index contributed by atoms with van der Waals surface area (Å²) in [6.07, 6.45) is 6.87. The second-order valence-electron chi connectivity index (χ2n) is 5.58. The van der Waals surface area contributed by atoms with E-state index in [0.29, 0.717) is 6.61 Å². The lowest BCUT2D eigenvalue weighted by Gasteiger charge is -2.17. The SMILES string of the molecule is C#C/C=C(\C#C[Si](C)(C)C)[C@H]1COC(C)(C)O1. The van der Waals surface area contributed by atoms with Crippen molar-refractivity contribution in [3.8, 4) is 23.8 Å². The number of ether oxygens (including phenoxy) is 2. The normalized spacial score (nSPS) is 23.8. The molecule has 17 heavy (non-hydrogen) atoms. The van der Waals surface area contributed by atoms with Crippen molar-refractivity contribution in [2.45, 2.75) is 45.4 Å². The van der Waals surface area contributed by atoms with Crippen molar-refractivity contribution in [2.24, 2.45) is 0 Å². The van der Waals surface area contributed by atoms with Gasteiger partial charge in [0.2, 0.25) is 0 Å². The van der Waals surface area contributed by atoms with E-state index in [1.807, 2.05) is 13.8 Å². The van der Waals surface area contributed by atoms with Crippen LogP contribution in [0.5, 0.6) is 0 Å². The van der Waals surface area contributed by atoms with Crippen molar-refractivity contribution in [3.63, 3.8) is 0 Å². The summed E-state index contributed by atoms with van der Waals surface area (Å²) in [5.41, 5.74) is 4.15. The van der Waals surface area contributed by atoms with Crippen LogP contribution in [0.1, 0.15) is 13.8 Å². The number of hydrogen-bond acceptors (Lipinski definition) is 2. The third-order valence-corrected chi connectivity index (χ3v) is 3.05. The number of terminal acetylenes is 1. The minimum Gasteiger partial charge on any atom is -0.347 e. The Labute approximate surface area is 105 Å². The zero-order valence-corrected chi connectivity index (χ0v) is 12.3. The first kappa shape index (κ1) is 14.1. The van der Waals surface area contributed by atoms with Crippen LogP contribution in [0.25, 0.3) is 0 Å². The molecule has 0 radical (unpaired) electrons. The molecule has 2 nitrogen and oxygen atoms in total. The van der Waals surface area contributed by atoms with Gasteiger partial charge in [0.25, 0.3) is 0 Å². The Bertz CT molecular complexity index is 410. The predicted octanol–water partition coefficient (Wildman–Crippen LogP) is 2.58. The van der Waals surface area contributed by atoms with Gasteiger partial charge in [-0.1, -0.05) is 31.5 Å². The zero-order chi connectivity index (χ0) is 13.1. The largest absolute Gasteiger partial charge is 0.347 e. The van der Waals surface area contributed by atoms with E-state index in [2.05, 4.69) is 37.0 Å². The number of allylic oxidation sites excluding steroid dienone is 1. The quantitative estimate of drug-likeness (QED) is 0.524. The van der Waals surface area contributed by atoms with Gasteiger partial charge in [0.15, 0.2) is 5.79 Å². The molecule has 0 aromatic carbocycles. The van der Waals surface area contributed by atoms with Crippen LogP contribution in [0.15, 0.2) is 11.6 Å². The zero-order valence-electron chi connectivity index (χ0n) is 11.3. The third kappa shape index (κ3) is 4.79. The van der Waals surface area contributed by atoms with Gasteiger partial charge < -0.3 is 9.47 Å².